The van der Waals surface area contributed by atoms with Gasteiger partial charge in [-0.05, 0) is 31.5 Å². The number of amides is 2. The van der Waals surface area contributed by atoms with Gasteiger partial charge in [-0.1, -0.05) is 0 Å². The SMILES string of the molecule is NC(=O)CN1CCCC(C(=O)NCc2ccc(C(=O)O)o2)C1. The number of carbonyl (C=O) groups is 3. The van der Waals surface area contributed by atoms with Crippen molar-refractivity contribution in [2.75, 3.05) is 19.6 Å². The highest BCUT2D eigenvalue weighted by atomic mass is 16.4. The van der Waals surface area contributed by atoms with Gasteiger partial charge in [-0.3, -0.25) is 14.5 Å². The maximum Gasteiger partial charge on any atom is 0.371 e. The van der Waals surface area contributed by atoms with Crippen molar-refractivity contribution in [1.29, 1.82) is 0 Å². The fourth-order valence-corrected chi connectivity index (χ4v) is 2.54. The van der Waals surface area contributed by atoms with Gasteiger partial charge < -0.3 is 20.6 Å². The Balaban J connectivity index is 1.83. The number of carboxylic acid groups (broad SMARTS) is 1. The maximum absolute atomic E-state index is 12.1. The number of carbonyl (C=O) groups excluding carboxylic acids is 2. The summed E-state index contributed by atoms with van der Waals surface area (Å²) in [5, 5.41) is 11.5. The molecule has 2 amide bonds. The molecule has 1 aromatic rings. The number of likely N-dealkylation sites (tertiary alicyclic amines) is 1. The van der Waals surface area contributed by atoms with Crippen LogP contribution in [0, 0.1) is 5.92 Å². The molecule has 1 aliphatic heterocycles. The molecule has 22 heavy (non-hydrogen) atoms. The van der Waals surface area contributed by atoms with E-state index in [0.29, 0.717) is 12.3 Å². The number of hydrogen-bond donors (Lipinski definition) is 3. The highest BCUT2D eigenvalue weighted by Crippen LogP contribution is 2.16. The third-order valence-corrected chi connectivity index (χ3v) is 3.57. The zero-order valence-electron chi connectivity index (χ0n) is 12.1. The lowest BCUT2D eigenvalue weighted by molar-refractivity contribution is -0.128. The third kappa shape index (κ3) is 4.32. The quantitative estimate of drug-likeness (QED) is 0.667. The van der Waals surface area contributed by atoms with Crippen LogP contribution in [0.15, 0.2) is 16.5 Å². The standard InChI is InChI=1S/C14H19N3O5/c15-12(18)8-17-5-1-2-9(7-17)13(19)16-6-10-3-4-11(22-10)14(20)21/h3-4,9H,1-2,5-8H2,(H2,15,18)(H,16,19)(H,20,21). The molecule has 0 aromatic carbocycles. The van der Waals surface area contributed by atoms with Crippen LogP contribution in [-0.2, 0) is 16.1 Å². The Morgan fingerprint density at radius 1 is 1.41 bits per heavy atom. The number of primary amides is 1. The smallest absolute Gasteiger partial charge is 0.371 e. The zero-order valence-corrected chi connectivity index (χ0v) is 12.1. The predicted molar refractivity (Wildman–Crippen MR) is 75.9 cm³/mol. The fraction of sp³-hybridized carbons (Fsp3) is 0.500. The van der Waals surface area contributed by atoms with E-state index in [-0.39, 0.29) is 30.7 Å². The van der Waals surface area contributed by atoms with E-state index < -0.39 is 11.9 Å². The van der Waals surface area contributed by atoms with E-state index in [2.05, 4.69) is 5.32 Å². The molecule has 8 nitrogen and oxygen atoms in total. The average molecular weight is 309 g/mol. The Morgan fingerprint density at radius 3 is 2.82 bits per heavy atom. The summed E-state index contributed by atoms with van der Waals surface area (Å²) in [5.74, 6) is -1.67. The molecule has 1 aliphatic rings. The molecule has 120 valence electrons. The summed E-state index contributed by atoms with van der Waals surface area (Å²) in [7, 11) is 0. The summed E-state index contributed by atoms with van der Waals surface area (Å²) in [4.78, 5) is 35.6. The molecular weight excluding hydrogens is 290 g/mol. The fourth-order valence-electron chi connectivity index (χ4n) is 2.54. The topological polar surface area (TPSA) is 126 Å². The van der Waals surface area contributed by atoms with Crippen LogP contribution >= 0.6 is 0 Å². The van der Waals surface area contributed by atoms with E-state index in [9.17, 15) is 14.4 Å². The second-order valence-electron chi connectivity index (χ2n) is 5.33. The summed E-state index contributed by atoms with van der Waals surface area (Å²) < 4.78 is 5.07. The van der Waals surface area contributed by atoms with Crippen molar-refractivity contribution in [2.24, 2.45) is 11.7 Å². The van der Waals surface area contributed by atoms with E-state index in [1.807, 2.05) is 4.90 Å². The minimum Gasteiger partial charge on any atom is -0.475 e. The molecular formula is C14H19N3O5. The first-order chi connectivity index (χ1) is 10.5. The lowest BCUT2D eigenvalue weighted by atomic mass is 9.97. The highest BCUT2D eigenvalue weighted by molar-refractivity contribution is 5.84. The van der Waals surface area contributed by atoms with Crippen LogP contribution in [0.1, 0.15) is 29.2 Å². The van der Waals surface area contributed by atoms with Gasteiger partial charge in [0.1, 0.15) is 5.76 Å². The molecule has 1 saturated heterocycles. The number of nitrogens with two attached hydrogens (primary N) is 1. The molecule has 2 heterocycles. The van der Waals surface area contributed by atoms with Crippen molar-refractivity contribution in [1.82, 2.24) is 10.2 Å². The minimum absolute atomic E-state index is 0.137. The summed E-state index contributed by atoms with van der Waals surface area (Å²) >= 11 is 0. The van der Waals surface area contributed by atoms with Crippen LogP contribution in [0.5, 0.6) is 0 Å². The minimum atomic E-state index is -1.15. The number of furan rings is 1. The van der Waals surface area contributed by atoms with Crippen LogP contribution in [-0.4, -0.2) is 47.4 Å². The second kappa shape index (κ2) is 7.08. The summed E-state index contributed by atoms with van der Waals surface area (Å²) in [6.45, 7) is 1.54. The van der Waals surface area contributed by atoms with Crippen molar-refractivity contribution in [2.45, 2.75) is 19.4 Å². The molecule has 4 N–H and O–H groups in total. The Morgan fingerprint density at radius 2 is 2.18 bits per heavy atom. The van der Waals surface area contributed by atoms with E-state index in [1.54, 1.807) is 0 Å². The molecule has 1 unspecified atom stereocenters. The molecule has 0 bridgehead atoms. The van der Waals surface area contributed by atoms with E-state index in [0.717, 1.165) is 19.4 Å². The molecule has 8 heteroatoms. The first-order valence-electron chi connectivity index (χ1n) is 7.06. The molecule has 0 aliphatic carbocycles. The van der Waals surface area contributed by atoms with Crippen LogP contribution < -0.4 is 11.1 Å². The lowest BCUT2D eigenvalue weighted by Gasteiger charge is -2.30. The predicted octanol–water partition coefficient (Wildman–Crippen LogP) is -0.209. The summed E-state index contributed by atoms with van der Waals surface area (Å²) in [6, 6.07) is 2.86. The Bertz CT molecular complexity index is 569. The number of carboxylic acids is 1. The first kappa shape index (κ1) is 16.0. The van der Waals surface area contributed by atoms with Crippen molar-refractivity contribution in [3.05, 3.63) is 23.7 Å². The molecule has 0 saturated carbocycles. The zero-order chi connectivity index (χ0) is 16.1. The summed E-state index contributed by atoms with van der Waals surface area (Å²) in [6.07, 6.45) is 1.58. The normalized spacial score (nSPS) is 18.8. The van der Waals surface area contributed by atoms with E-state index in [4.69, 9.17) is 15.3 Å². The average Bonchev–Trinajstić information content (AvgIpc) is 2.93. The van der Waals surface area contributed by atoms with E-state index >= 15 is 0 Å². The number of hydrogen-bond acceptors (Lipinski definition) is 5. The van der Waals surface area contributed by atoms with Gasteiger partial charge in [0.05, 0.1) is 19.0 Å². The van der Waals surface area contributed by atoms with Crippen LogP contribution in [0.2, 0.25) is 0 Å². The van der Waals surface area contributed by atoms with Gasteiger partial charge in [-0.15, -0.1) is 0 Å². The number of rotatable bonds is 6. The van der Waals surface area contributed by atoms with Gasteiger partial charge in [-0.25, -0.2) is 4.79 Å². The summed E-state index contributed by atoms with van der Waals surface area (Å²) in [5.41, 5.74) is 5.16. The lowest BCUT2D eigenvalue weighted by Crippen LogP contribution is -2.45. The largest absolute Gasteiger partial charge is 0.475 e. The van der Waals surface area contributed by atoms with Crippen LogP contribution in [0.4, 0.5) is 0 Å². The Kier molecular flexibility index (Phi) is 5.16. The van der Waals surface area contributed by atoms with Gasteiger partial charge in [0.25, 0.3) is 0 Å². The molecule has 1 aromatic heterocycles. The number of nitrogens with one attached hydrogen (secondary N) is 1. The monoisotopic (exact) mass is 309 g/mol. The van der Waals surface area contributed by atoms with Crippen molar-refractivity contribution in [3.63, 3.8) is 0 Å². The first-order valence-corrected chi connectivity index (χ1v) is 7.06. The van der Waals surface area contributed by atoms with Crippen molar-refractivity contribution in [3.8, 4) is 0 Å². The van der Waals surface area contributed by atoms with Crippen molar-refractivity contribution < 1.29 is 23.9 Å². The molecule has 0 radical (unpaired) electrons. The molecule has 1 fully saturated rings. The van der Waals surface area contributed by atoms with Crippen LogP contribution in [0.3, 0.4) is 0 Å². The molecule has 0 spiro atoms. The van der Waals surface area contributed by atoms with Gasteiger partial charge in [0.2, 0.25) is 17.6 Å². The Hall–Kier alpha value is -2.35. The van der Waals surface area contributed by atoms with Crippen LogP contribution in [0.25, 0.3) is 0 Å². The number of nitrogens with zero attached hydrogens (tertiary/aromatic N) is 1. The van der Waals surface area contributed by atoms with Crippen molar-refractivity contribution >= 4 is 17.8 Å². The number of piperidine rings is 1. The van der Waals surface area contributed by atoms with Gasteiger partial charge in [-0.2, -0.15) is 0 Å². The van der Waals surface area contributed by atoms with Gasteiger partial charge in [0, 0.05) is 6.54 Å². The Labute approximate surface area is 127 Å². The third-order valence-electron chi connectivity index (χ3n) is 3.57. The molecule has 2 rings (SSSR count). The van der Waals surface area contributed by atoms with E-state index in [1.165, 1.54) is 12.1 Å². The second-order valence-corrected chi connectivity index (χ2v) is 5.33. The van der Waals surface area contributed by atoms with Gasteiger partial charge >= 0.3 is 5.97 Å². The number of aromatic carboxylic acids is 1. The molecule has 1 atom stereocenters. The van der Waals surface area contributed by atoms with Gasteiger partial charge in [0.15, 0.2) is 0 Å². The highest BCUT2D eigenvalue weighted by Gasteiger charge is 2.26. The maximum atomic E-state index is 12.1.